The number of rotatable bonds is 4. The van der Waals surface area contributed by atoms with Gasteiger partial charge in [0.25, 0.3) is 5.91 Å². The van der Waals surface area contributed by atoms with E-state index in [4.69, 9.17) is 23.2 Å². The minimum atomic E-state index is -0.234. The Balaban J connectivity index is 2.10. The summed E-state index contributed by atoms with van der Waals surface area (Å²) < 4.78 is 0. The molecule has 2 aromatic carbocycles. The molecular formula is C15H12BrCl2NO. The summed E-state index contributed by atoms with van der Waals surface area (Å²) in [6, 6.07) is 12.5. The van der Waals surface area contributed by atoms with Gasteiger partial charge in [0.2, 0.25) is 0 Å². The summed E-state index contributed by atoms with van der Waals surface area (Å²) in [6.07, 6.45) is 0.956. The second kappa shape index (κ2) is 7.11. The lowest BCUT2D eigenvalue weighted by Crippen LogP contribution is -2.11. The van der Waals surface area contributed by atoms with E-state index in [1.165, 1.54) is 5.56 Å². The first kappa shape index (κ1) is 15.4. The zero-order chi connectivity index (χ0) is 14.5. The Kier molecular flexibility index (Phi) is 5.46. The zero-order valence-electron chi connectivity index (χ0n) is 10.5. The molecule has 104 valence electrons. The van der Waals surface area contributed by atoms with Crippen molar-refractivity contribution in [2.75, 3.05) is 10.6 Å². The Morgan fingerprint density at radius 1 is 1.05 bits per heavy atom. The third-order valence-corrected chi connectivity index (χ3v) is 3.55. The second-order valence-corrected chi connectivity index (χ2v) is 5.91. The fourth-order valence-corrected chi connectivity index (χ4v) is 2.74. The molecule has 0 unspecified atom stereocenters. The third-order valence-electron chi connectivity index (χ3n) is 2.72. The van der Waals surface area contributed by atoms with E-state index in [-0.39, 0.29) is 5.91 Å². The van der Waals surface area contributed by atoms with E-state index in [0.29, 0.717) is 15.6 Å². The smallest absolute Gasteiger partial charge is 0.255 e. The van der Waals surface area contributed by atoms with Crippen LogP contribution in [-0.2, 0) is 6.42 Å². The molecule has 0 aliphatic rings. The van der Waals surface area contributed by atoms with Gasteiger partial charge in [-0.15, -0.1) is 0 Å². The van der Waals surface area contributed by atoms with Crippen molar-refractivity contribution in [2.24, 2.45) is 0 Å². The lowest BCUT2D eigenvalue weighted by Gasteiger charge is -2.07. The highest BCUT2D eigenvalue weighted by Crippen LogP contribution is 2.20. The molecule has 0 bridgehead atoms. The summed E-state index contributed by atoms with van der Waals surface area (Å²) in [5.41, 5.74) is 2.39. The SMILES string of the molecule is O=C(Nc1ccc(CCBr)cc1)c1cc(Cl)cc(Cl)c1. The summed E-state index contributed by atoms with van der Waals surface area (Å²) in [6.45, 7) is 0. The normalized spacial score (nSPS) is 10.3. The fourth-order valence-electron chi connectivity index (χ4n) is 1.75. The largest absolute Gasteiger partial charge is 0.322 e. The monoisotopic (exact) mass is 371 g/mol. The van der Waals surface area contributed by atoms with Gasteiger partial charge in [0.05, 0.1) is 0 Å². The lowest BCUT2D eigenvalue weighted by atomic mass is 10.1. The molecule has 0 fully saturated rings. The molecule has 2 rings (SSSR count). The Morgan fingerprint density at radius 3 is 2.20 bits per heavy atom. The standard InChI is InChI=1S/C15H12BrCl2NO/c16-6-5-10-1-3-14(4-2-10)19-15(20)11-7-12(17)9-13(18)8-11/h1-4,7-9H,5-6H2,(H,19,20). The molecule has 0 aliphatic heterocycles. The van der Waals surface area contributed by atoms with E-state index >= 15 is 0 Å². The molecule has 0 heterocycles. The average molecular weight is 373 g/mol. The quantitative estimate of drug-likeness (QED) is 0.735. The van der Waals surface area contributed by atoms with E-state index in [1.807, 2.05) is 24.3 Å². The summed E-state index contributed by atoms with van der Waals surface area (Å²) in [5, 5.41) is 4.61. The molecule has 0 aromatic heterocycles. The van der Waals surface area contributed by atoms with Crippen LogP contribution in [-0.4, -0.2) is 11.2 Å². The second-order valence-electron chi connectivity index (χ2n) is 4.25. The van der Waals surface area contributed by atoms with Crippen LogP contribution in [0.1, 0.15) is 15.9 Å². The van der Waals surface area contributed by atoms with Crippen molar-refractivity contribution in [1.29, 1.82) is 0 Å². The number of hydrogen-bond acceptors (Lipinski definition) is 1. The first-order chi connectivity index (χ1) is 9.58. The maximum absolute atomic E-state index is 12.1. The number of amides is 1. The molecule has 2 aromatic rings. The van der Waals surface area contributed by atoms with Crippen LogP contribution in [0.3, 0.4) is 0 Å². The van der Waals surface area contributed by atoms with Gasteiger partial charge >= 0.3 is 0 Å². The van der Waals surface area contributed by atoms with Crippen LogP contribution in [0.15, 0.2) is 42.5 Å². The third kappa shape index (κ3) is 4.23. The Hall–Kier alpha value is -1.03. The first-order valence-electron chi connectivity index (χ1n) is 6.01. The van der Waals surface area contributed by atoms with Gasteiger partial charge in [-0.1, -0.05) is 51.3 Å². The van der Waals surface area contributed by atoms with E-state index in [1.54, 1.807) is 18.2 Å². The number of halogens is 3. The lowest BCUT2D eigenvalue weighted by molar-refractivity contribution is 0.102. The van der Waals surface area contributed by atoms with Crippen molar-refractivity contribution < 1.29 is 4.79 Å². The van der Waals surface area contributed by atoms with Crippen molar-refractivity contribution in [3.63, 3.8) is 0 Å². The van der Waals surface area contributed by atoms with Crippen molar-refractivity contribution >= 4 is 50.7 Å². The van der Waals surface area contributed by atoms with Crippen LogP contribution in [0.4, 0.5) is 5.69 Å². The molecule has 0 aliphatic carbocycles. The Labute approximate surface area is 136 Å². The molecule has 2 nitrogen and oxygen atoms in total. The number of nitrogens with one attached hydrogen (secondary N) is 1. The van der Waals surface area contributed by atoms with Gasteiger partial charge in [0.1, 0.15) is 0 Å². The number of hydrogen-bond donors (Lipinski definition) is 1. The number of carbonyl (C=O) groups excluding carboxylic acids is 1. The van der Waals surface area contributed by atoms with Crippen molar-refractivity contribution in [3.8, 4) is 0 Å². The van der Waals surface area contributed by atoms with Gasteiger partial charge in [-0.05, 0) is 42.3 Å². The number of aryl methyl sites for hydroxylation is 1. The molecule has 0 atom stereocenters. The van der Waals surface area contributed by atoms with Crippen LogP contribution in [0, 0.1) is 0 Å². The van der Waals surface area contributed by atoms with Crippen LogP contribution < -0.4 is 5.32 Å². The van der Waals surface area contributed by atoms with Gasteiger partial charge in [-0.3, -0.25) is 4.79 Å². The van der Waals surface area contributed by atoms with Gasteiger partial charge in [-0.2, -0.15) is 0 Å². The van der Waals surface area contributed by atoms with Gasteiger partial charge < -0.3 is 5.32 Å². The van der Waals surface area contributed by atoms with E-state index in [2.05, 4.69) is 21.2 Å². The fraction of sp³-hybridized carbons (Fsp3) is 0.133. The van der Waals surface area contributed by atoms with Crippen LogP contribution in [0.5, 0.6) is 0 Å². The number of anilines is 1. The summed E-state index contributed by atoms with van der Waals surface area (Å²) in [7, 11) is 0. The molecular weight excluding hydrogens is 361 g/mol. The van der Waals surface area contributed by atoms with Crippen LogP contribution >= 0.6 is 39.1 Å². The molecule has 1 N–H and O–H groups in total. The maximum Gasteiger partial charge on any atom is 0.255 e. The van der Waals surface area contributed by atoms with Gasteiger partial charge in [0.15, 0.2) is 0 Å². The highest BCUT2D eigenvalue weighted by molar-refractivity contribution is 9.09. The number of benzene rings is 2. The van der Waals surface area contributed by atoms with E-state index < -0.39 is 0 Å². The molecule has 0 radical (unpaired) electrons. The molecule has 0 saturated heterocycles. The molecule has 0 saturated carbocycles. The van der Waals surface area contributed by atoms with Crippen LogP contribution in [0.25, 0.3) is 0 Å². The van der Waals surface area contributed by atoms with Crippen molar-refractivity contribution in [1.82, 2.24) is 0 Å². The maximum atomic E-state index is 12.1. The minimum Gasteiger partial charge on any atom is -0.322 e. The van der Waals surface area contributed by atoms with Crippen molar-refractivity contribution in [3.05, 3.63) is 63.6 Å². The average Bonchev–Trinajstić information content (AvgIpc) is 2.40. The van der Waals surface area contributed by atoms with E-state index in [0.717, 1.165) is 17.4 Å². The van der Waals surface area contributed by atoms with Crippen molar-refractivity contribution in [2.45, 2.75) is 6.42 Å². The topological polar surface area (TPSA) is 29.1 Å². The minimum absolute atomic E-state index is 0.234. The highest BCUT2D eigenvalue weighted by atomic mass is 79.9. The molecule has 1 amide bonds. The number of carbonyl (C=O) groups is 1. The van der Waals surface area contributed by atoms with Crippen LogP contribution in [0.2, 0.25) is 10.0 Å². The van der Waals surface area contributed by atoms with Gasteiger partial charge in [0, 0.05) is 26.6 Å². The summed E-state index contributed by atoms with van der Waals surface area (Å²) in [4.78, 5) is 12.1. The molecule has 20 heavy (non-hydrogen) atoms. The Morgan fingerprint density at radius 2 is 1.65 bits per heavy atom. The first-order valence-corrected chi connectivity index (χ1v) is 7.88. The van der Waals surface area contributed by atoms with E-state index in [9.17, 15) is 4.79 Å². The molecule has 0 spiro atoms. The summed E-state index contributed by atoms with van der Waals surface area (Å²) >= 11 is 15.2. The molecule has 5 heteroatoms. The summed E-state index contributed by atoms with van der Waals surface area (Å²) in [5.74, 6) is -0.234. The zero-order valence-corrected chi connectivity index (χ0v) is 13.6. The Bertz CT molecular complexity index is 594. The predicted octanol–water partition coefficient (Wildman–Crippen LogP) is 5.18. The number of alkyl halides is 1. The van der Waals surface area contributed by atoms with Gasteiger partial charge in [-0.25, -0.2) is 0 Å². The predicted molar refractivity (Wildman–Crippen MR) is 88.4 cm³/mol. The highest BCUT2D eigenvalue weighted by Gasteiger charge is 2.08.